The Labute approximate surface area is 143 Å². The number of esters is 1. The molecular weight excluding hydrogens is 311 g/mol. The summed E-state index contributed by atoms with van der Waals surface area (Å²) in [4.78, 5) is 11.9. The van der Waals surface area contributed by atoms with Crippen LogP contribution >= 0.6 is 0 Å². The van der Waals surface area contributed by atoms with Crippen molar-refractivity contribution in [1.29, 1.82) is 0 Å². The van der Waals surface area contributed by atoms with E-state index in [4.69, 9.17) is 14.2 Å². The lowest BCUT2D eigenvalue weighted by Gasteiger charge is -2.29. The number of hydrogen-bond donors (Lipinski definition) is 0. The molecule has 5 heteroatoms. The summed E-state index contributed by atoms with van der Waals surface area (Å²) in [5.41, 5.74) is 0.540. The van der Waals surface area contributed by atoms with Crippen LogP contribution in [0.25, 0.3) is 0 Å². The maximum absolute atomic E-state index is 14.3. The molecule has 1 heterocycles. The van der Waals surface area contributed by atoms with Gasteiger partial charge in [0.2, 0.25) is 0 Å². The quantitative estimate of drug-likeness (QED) is 0.512. The molecule has 1 aromatic rings. The number of rotatable bonds is 8. The number of unbranched alkanes of at least 4 members (excludes halogenated alkanes) is 3. The van der Waals surface area contributed by atoms with E-state index in [1.165, 1.54) is 6.07 Å². The summed E-state index contributed by atoms with van der Waals surface area (Å²) in [5.74, 6) is -0.643. The van der Waals surface area contributed by atoms with E-state index >= 15 is 0 Å². The van der Waals surface area contributed by atoms with Gasteiger partial charge in [-0.05, 0) is 25.0 Å². The van der Waals surface area contributed by atoms with Gasteiger partial charge in [0, 0.05) is 11.5 Å². The number of benzene rings is 1. The minimum Gasteiger partial charge on any atom is -0.462 e. The molecular formula is C19H27FO4. The van der Waals surface area contributed by atoms with E-state index in [-0.39, 0.29) is 5.56 Å². The van der Waals surface area contributed by atoms with Crippen molar-refractivity contribution in [3.63, 3.8) is 0 Å². The van der Waals surface area contributed by atoms with Crippen LogP contribution in [0, 0.1) is 11.7 Å². The highest BCUT2D eigenvalue weighted by atomic mass is 19.1. The van der Waals surface area contributed by atoms with E-state index < -0.39 is 18.1 Å². The van der Waals surface area contributed by atoms with Crippen molar-refractivity contribution in [1.82, 2.24) is 0 Å². The Hall–Kier alpha value is -1.46. The van der Waals surface area contributed by atoms with E-state index in [2.05, 4.69) is 13.8 Å². The van der Waals surface area contributed by atoms with Crippen LogP contribution in [0.5, 0.6) is 0 Å². The molecule has 0 aromatic heterocycles. The lowest BCUT2D eigenvalue weighted by atomic mass is 10.1. The summed E-state index contributed by atoms with van der Waals surface area (Å²) in [6.45, 7) is 5.68. The van der Waals surface area contributed by atoms with Gasteiger partial charge in [-0.3, -0.25) is 0 Å². The minimum atomic E-state index is -0.702. The van der Waals surface area contributed by atoms with Crippen LogP contribution in [-0.2, 0) is 14.2 Å². The largest absolute Gasteiger partial charge is 0.462 e. The molecule has 1 aromatic carbocycles. The molecule has 0 saturated carbocycles. The SMILES string of the molecule is CCCCCCOC(=O)c1ccc(C2OCC(CC)CO2)c(F)c1. The van der Waals surface area contributed by atoms with Crippen LogP contribution < -0.4 is 0 Å². The third kappa shape index (κ3) is 5.28. The summed E-state index contributed by atoms with van der Waals surface area (Å²) >= 11 is 0. The lowest BCUT2D eigenvalue weighted by Crippen LogP contribution is -2.27. The second kappa shape index (κ2) is 9.74. The van der Waals surface area contributed by atoms with Crippen molar-refractivity contribution in [2.24, 2.45) is 5.92 Å². The zero-order valence-corrected chi connectivity index (χ0v) is 14.6. The monoisotopic (exact) mass is 338 g/mol. The molecule has 0 aliphatic carbocycles. The molecule has 24 heavy (non-hydrogen) atoms. The average Bonchev–Trinajstić information content (AvgIpc) is 2.61. The van der Waals surface area contributed by atoms with Crippen LogP contribution in [-0.4, -0.2) is 25.8 Å². The van der Waals surface area contributed by atoms with Crippen molar-refractivity contribution < 1.29 is 23.4 Å². The predicted molar refractivity (Wildman–Crippen MR) is 89.3 cm³/mol. The fourth-order valence-corrected chi connectivity index (χ4v) is 2.58. The lowest BCUT2D eigenvalue weighted by molar-refractivity contribution is -0.206. The van der Waals surface area contributed by atoms with Gasteiger partial charge >= 0.3 is 5.97 Å². The first-order valence-electron chi connectivity index (χ1n) is 8.85. The Morgan fingerprint density at radius 1 is 1.21 bits per heavy atom. The molecule has 1 fully saturated rings. The van der Waals surface area contributed by atoms with E-state index in [1.807, 2.05) is 0 Å². The summed E-state index contributed by atoms with van der Waals surface area (Å²) in [7, 11) is 0. The smallest absolute Gasteiger partial charge is 0.338 e. The van der Waals surface area contributed by atoms with Gasteiger partial charge in [-0.25, -0.2) is 9.18 Å². The molecule has 0 spiro atoms. The normalized spacial score (nSPS) is 20.8. The zero-order chi connectivity index (χ0) is 17.4. The van der Waals surface area contributed by atoms with Crippen molar-refractivity contribution in [3.8, 4) is 0 Å². The maximum atomic E-state index is 14.3. The molecule has 0 bridgehead atoms. The fourth-order valence-electron chi connectivity index (χ4n) is 2.58. The Morgan fingerprint density at radius 2 is 1.96 bits per heavy atom. The number of halogens is 1. The highest BCUT2D eigenvalue weighted by molar-refractivity contribution is 5.89. The van der Waals surface area contributed by atoms with E-state index in [0.29, 0.717) is 31.3 Å². The highest BCUT2D eigenvalue weighted by Crippen LogP contribution is 2.28. The zero-order valence-electron chi connectivity index (χ0n) is 14.6. The molecule has 0 amide bonds. The van der Waals surface area contributed by atoms with Gasteiger partial charge in [-0.2, -0.15) is 0 Å². The Kier molecular flexibility index (Phi) is 7.66. The van der Waals surface area contributed by atoms with Crippen molar-refractivity contribution in [2.45, 2.75) is 52.2 Å². The second-order valence-electron chi connectivity index (χ2n) is 6.21. The molecule has 0 N–H and O–H groups in total. The summed E-state index contributed by atoms with van der Waals surface area (Å²) in [6, 6.07) is 4.30. The van der Waals surface area contributed by atoms with Crippen LogP contribution in [0.1, 0.15) is 68.2 Å². The van der Waals surface area contributed by atoms with Crippen LogP contribution in [0.3, 0.4) is 0 Å². The van der Waals surface area contributed by atoms with Crippen molar-refractivity contribution >= 4 is 5.97 Å². The Bertz CT molecular complexity index is 524. The second-order valence-corrected chi connectivity index (χ2v) is 6.21. The number of ether oxygens (including phenoxy) is 3. The Morgan fingerprint density at radius 3 is 2.58 bits per heavy atom. The standard InChI is InChI=1S/C19H27FO4/c1-3-5-6-7-10-22-18(21)15-8-9-16(17(20)11-15)19-23-12-14(4-2)13-24-19/h8-9,11,14,19H,3-7,10,12-13H2,1-2H3. The topological polar surface area (TPSA) is 44.8 Å². The van der Waals surface area contributed by atoms with E-state index in [9.17, 15) is 9.18 Å². The molecule has 1 aliphatic rings. The number of hydrogen-bond acceptors (Lipinski definition) is 4. The Balaban J connectivity index is 1.88. The number of carbonyl (C=O) groups excluding carboxylic acids is 1. The van der Waals surface area contributed by atoms with Gasteiger partial charge < -0.3 is 14.2 Å². The average molecular weight is 338 g/mol. The molecule has 0 unspecified atom stereocenters. The molecule has 1 aliphatic heterocycles. The van der Waals surface area contributed by atoms with Crippen LogP contribution in [0.4, 0.5) is 4.39 Å². The van der Waals surface area contributed by atoms with E-state index in [1.54, 1.807) is 12.1 Å². The van der Waals surface area contributed by atoms with Gasteiger partial charge in [0.1, 0.15) is 5.82 Å². The first kappa shape index (κ1) is 18.9. The first-order valence-corrected chi connectivity index (χ1v) is 8.85. The number of carbonyl (C=O) groups is 1. The van der Waals surface area contributed by atoms with Crippen molar-refractivity contribution in [2.75, 3.05) is 19.8 Å². The fraction of sp³-hybridized carbons (Fsp3) is 0.632. The van der Waals surface area contributed by atoms with Gasteiger partial charge in [0.15, 0.2) is 6.29 Å². The van der Waals surface area contributed by atoms with Crippen LogP contribution in [0.15, 0.2) is 18.2 Å². The summed E-state index contributed by atoms with van der Waals surface area (Å²) in [6.07, 6.45) is 4.39. The minimum absolute atomic E-state index is 0.217. The highest BCUT2D eigenvalue weighted by Gasteiger charge is 2.25. The third-order valence-electron chi connectivity index (χ3n) is 4.27. The molecule has 2 rings (SSSR count). The van der Waals surface area contributed by atoms with Gasteiger partial charge in [-0.15, -0.1) is 0 Å². The molecule has 4 nitrogen and oxygen atoms in total. The van der Waals surface area contributed by atoms with E-state index in [0.717, 1.165) is 32.1 Å². The van der Waals surface area contributed by atoms with Gasteiger partial charge in [0.05, 0.1) is 25.4 Å². The molecule has 0 atom stereocenters. The summed E-state index contributed by atoms with van der Waals surface area (Å²) < 4.78 is 30.6. The first-order chi connectivity index (χ1) is 11.7. The summed E-state index contributed by atoms with van der Waals surface area (Å²) in [5, 5.41) is 0. The van der Waals surface area contributed by atoms with Crippen LogP contribution in [0.2, 0.25) is 0 Å². The predicted octanol–water partition coefficient (Wildman–Crippen LogP) is 4.63. The molecule has 134 valence electrons. The maximum Gasteiger partial charge on any atom is 0.338 e. The third-order valence-corrected chi connectivity index (χ3v) is 4.27. The molecule has 1 saturated heterocycles. The van der Waals surface area contributed by atoms with Crippen molar-refractivity contribution in [3.05, 3.63) is 35.1 Å². The molecule has 0 radical (unpaired) electrons. The van der Waals surface area contributed by atoms with Gasteiger partial charge in [0.25, 0.3) is 0 Å². The van der Waals surface area contributed by atoms with Gasteiger partial charge in [-0.1, -0.05) is 39.2 Å².